The molecule has 80 valence electrons. The molecule has 0 amide bonds. The van der Waals surface area contributed by atoms with Gasteiger partial charge in [-0.05, 0) is 19.1 Å². The van der Waals surface area contributed by atoms with Crippen molar-refractivity contribution in [2.24, 2.45) is 0 Å². The van der Waals surface area contributed by atoms with Crippen LogP contribution in [0.1, 0.15) is 11.3 Å². The minimum Gasteiger partial charge on any atom is -0.353 e. The van der Waals surface area contributed by atoms with Gasteiger partial charge in [-0.3, -0.25) is 0 Å². The van der Waals surface area contributed by atoms with Crippen LogP contribution in [0.4, 0.5) is 14.6 Å². The van der Waals surface area contributed by atoms with Gasteiger partial charge in [-0.25, -0.2) is 13.8 Å². The average molecular weight is 211 g/mol. The van der Waals surface area contributed by atoms with Crippen molar-refractivity contribution in [1.82, 2.24) is 4.98 Å². The second-order valence-corrected chi connectivity index (χ2v) is 3.21. The highest BCUT2D eigenvalue weighted by molar-refractivity contribution is 5.53. The van der Waals surface area contributed by atoms with Crippen molar-refractivity contribution in [3.05, 3.63) is 23.4 Å². The first kappa shape index (κ1) is 11.4. The molecule has 1 aromatic heterocycles. The molecule has 0 aromatic carbocycles. The van der Waals surface area contributed by atoms with Crippen molar-refractivity contribution in [1.29, 1.82) is 5.26 Å². The van der Waals surface area contributed by atoms with Crippen LogP contribution in [0.25, 0.3) is 0 Å². The molecule has 0 aliphatic heterocycles. The maximum absolute atomic E-state index is 12.2. The van der Waals surface area contributed by atoms with Crippen LogP contribution in [0.3, 0.4) is 0 Å². The summed E-state index contributed by atoms with van der Waals surface area (Å²) in [6.07, 6.45) is -2.44. The molecule has 0 atom stereocenters. The van der Waals surface area contributed by atoms with Gasteiger partial charge in [0.2, 0.25) is 0 Å². The Morgan fingerprint density at radius 1 is 1.53 bits per heavy atom. The fraction of sp³-hybridized carbons (Fsp3) is 0.400. The van der Waals surface area contributed by atoms with Gasteiger partial charge in [-0.15, -0.1) is 0 Å². The summed E-state index contributed by atoms with van der Waals surface area (Å²) in [5, 5.41) is 8.79. The summed E-state index contributed by atoms with van der Waals surface area (Å²) in [4.78, 5) is 5.35. The number of pyridine rings is 1. The lowest BCUT2D eigenvalue weighted by atomic mass is 10.2. The molecule has 0 unspecified atom stereocenters. The van der Waals surface area contributed by atoms with Gasteiger partial charge in [0.25, 0.3) is 6.43 Å². The monoisotopic (exact) mass is 211 g/mol. The van der Waals surface area contributed by atoms with Crippen molar-refractivity contribution >= 4 is 5.82 Å². The normalized spacial score (nSPS) is 10.1. The summed E-state index contributed by atoms with van der Waals surface area (Å²) in [5.41, 5.74) is 1.01. The van der Waals surface area contributed by atoms with Gasteiger partial charge in [-0.1, -0.05) is 0 Å². The molecule has 0 N–H and O–H groups in total. The first-order chi connectivity index (χ1) is 7.04. The first-order valence-corrected chi connectivity index (χ1v) is 4.41. The van der Waals surface area contributed by atoms with Crippen LogP contribution < -0.4 is 4.90 Å². The number of hydrogen-bond donors (Lipinski definition) is 0. The standard InChI is InChI=1S/C10H11F2N3/c1-7-3-4-8(5-13)10(14-7)15(2)6-9(11)12/h3-4,9H,6H2,1-2H3. The van der Waals surface area contributed by atoms with E-state index in [9.17, 15) is 8.78 Å². The van der Waals surface area contributed by atoms with Crippen LogP contribution in [-0.2, 0) is 0 Å². The van der Waals surface area contributed by atoms with E-state index in [0.717, 1.165) is 0 Å². The predicted molar refractivity (Wildman–Crippen MR) is 53.0 cm³/mol. The zero-order valence-electron chi connectivity index (χ0n) is 8.54. The van der Waals surface area contributed by atoms with Crippen molar-refractivity contribution in [2.45, 2.75) is 13.3 Å². The Hall–Kier alpha value is -1.70. The molecule has 0 aliphatic carbocycles. The number of anilines is 1. The van der Waals surface area contributed by atoms with Gasteiger partial charge in [0.15, 0.2) is 0 Å². The lowest BCUT2D eigenvalue weighted by Crippen LogP contribution is -2.25. The fourth-order valence-electron chi connectivity index (χ4n) is 1.21. The highest BCUT2D eigenvalue weighted by atomic mass is 19.3. The molecular weight excluding hydrogens is 200 g/mol. The van der Waals surface area contributed by atoms with Crippen LogP contribution >= 0.6 is 0 Å². The first-order valence-electron chi connectivity index (χ1n) is 4.41. The molecule has 15 heavy (non-hydrogen) atoms. The van der Waals surface area contributed by atoms with Crippen LogP contribution in [0.15, 0.2) is 12.1 Å². The van der Waals surface area contributed by atoms with Crippen LogP contribution in [0.5, 0.6) is 0 Å². The highest BCUT2D eigenvalue weighted by Gasteiger charge is 2.13. The lowest BCUT2D eigenvalue weighted by molar-refractivity contribution is 0.156. The van der Waals surface area contributed by atoms with E-state index in [1.807, 2.05) is 6.07 Å². The minimum absolute atomic E-state index is 0.304. The Morgan fingerprint density at radius 2 is 2.20 bits per heavy atom. The van der Waals surface area contributed by atoms with E-state index >= 15 is 0 Å². The molecule has 0 spiro atoms. The molecule has 0 radical (unpaired) electrons. The largest absolute Gasteiger partial charge is 0.353 e. The number of nitrogens with zero attached hydrogens (tertiary/aromatic N) is 3. The van der Waals surface area contributed by atoms with E-state index in [-0.39, 0.29) is 0 Å². The quantitative estimate of drug-likeness (QED) is 0.767. The summed E-state index contributed by atoms with van der Waals surface area (Å²) in [6, 6.07) is 5.19. The smallest absolute Gasteiger partial charge is 0.255 e. The molecule has 1 aromatic rings. The summed E-state index contributed by atoms with van der Waals surface area (Å²) in [7, 11) is 1.49. The number of alkyl halides is 2. The maximum Gasteiger partial charge on any atom is 0.255 e. The number of aromatic nitrogens is 1. The zero-order valence-corrected chi connectivity index (χ0v) is 8.54. The lowest BCUT2D eigenvalue weighted by Gasteiger charge is -2.18. The Kier molecular flexibility index (Phi) is 3.56. The van der Waals surface area contributed by atoms with Crippen LogP contribution in [0.2, 0.25) is 0 Å². The molecular formula is C10H11F2N3. The van der Waals surface area contributed by atoms with Crippen LogP contribution in [-0.4, -0.2) is 25.0 Å². The average Bonchev–Trinajstić information content (AvgIpc) is 2.16. The Morgan fingerprint density at radius 3 is 2.73 bits per heavy atom. The summed E-state index contributed by atoms with van der Waals surface area (Å²) < 4.78 is 24.3. The number of nitriles is 1. The van der Waals surface area contributed by atoms with Crippen LogP contribution in [0, 0.1) is 18.3 Å². The van der Waals surface area contributed by atoms with Gasteiger partial charge in [0, 0.05) is 12.7 Å². The van der Waals surface area contributed by atoms with Gasteiger partial charge in [0.1, 0.15) is 11.9 Å². The van der Waals surface area contributed by atoms with Gasteiger partial charge >= 0.3 is 0 Å². The summed E-state index contributed by atoms with van der Waals surface area (Å²) in [6.45, 7) is 1.33. The second kappa shape index (κ2) is 4.69. The van der Waals surface area contributed by atoms with Crippen molar-refractivity contribution in [3.63, 3.8) is 0 Å². The van der Waals surface area contributed by atoms with E-state index < -0.39 is 13.0 Å². The second-order valence-electron chi connectivity index (χ2n) is 3.21. The summed E-state index contributed by atoms with van der Waals surface area (Å²) >= 11 is 0. The molecule has 5 heteroatoms. The van der Waals surface area contributed by atoms with Gasteiger partial charge < -0.3 is 4.90 Å². The van der Waals surface area contributed by atoms with E-state index in [1.54, 1.807) is 19.1 Å². The maximum atomic E-state index is 12.2. The van der Waals surface area contributed by atoms with Crippen molar-refractivity contribution in [2.75, 3.05) is 18.5 Å². The Balaban J connectivity index is 3.01. The Labute approximate surface area is 87.0 Å². The van der Waals surface area contributed by atoms with E-state index in [2.05, 4.69) is 4.98 Å². The third kappa shape index (κ3) is 2.88. The molecule has 0 saturated carbocycles. The number of rotatable bonds is 3. The number of aryl methyl sites for hydroxylation is 1. The van der Waals surface area contributed by atoms with Crippen molar-refractivity contribution in [3.8, 4) is 6.07 Å². The topological polar surface area (TPSA) is 39.9 Å². The molecule has 3 nitrogen and oxygen atoms in total. The highest BCUT2D eigenvalue weighted by Crippen LogP contribution is 2.17. The molecule has 1 rings (SSSR count). The molecule has 0 fully saturated rings. The zero-order chi connectivity index (χ0) is 11.4. The minimum atomic E-state index is -2.44. The third-order valence-electron chi connectivity index (χ3n) is 1.91. The SMILES string of the molecule is Cc1ccc(C#N)c(N(C)CC(F)F)n1. The van der Waals surface area contributed by atoms with Gasteiger partial charge in [-0.2, -0.15) is 5.26 Å². The molecule has 0 bridgehead atoms. The Bertz CT molecular complexity index is 385. The van der Waals surface area contributed by atoms with Crippen molar-refractivity contribution < 1.29 is 8.78 Å². The third-order valence-corrected chi connectivity index (χ3v) is 1.91. The van der Waals surface area contributed by atoms with E-state index in [0.29, 0.717) is 17.1 Å². The fourth-order valence-corrected chi connectivity index (χ4v) is 1.21. The molecule has 0 saturated heterocycles. The van der Waals surface area contributed by atoms with Gasteiger partial charge in [0.05, 0.1) is 12.1 Å². The van der Waals surface area contributed by atoms with E-state index in [4.69, 9.17) is 5.26 Å². The number of halogens is 2. The summed E-state index contributed by atoms with van der Waals surface area (Å²) in [5.74, 6) is 0.304. The molecule has 0 aliphatic rings. The molecule has 1 heterocycles. The number of hydrogen-bond acceptors (Lipinski definition) is 3. The van der Waals surface area contributed by atoms with E-state index in [1.165, 1.54) is 11.9 Å². The predicted octanol–water partition coefficient (Wildman–Crippen LogP) is 1.96.